The molecule has 1 aliphatic heterocycles. The van der Waals surface area contributed by atoms with Gasteiger partial charge in [0.2, 0.25) is 11.8 Å². The molecule has 1 atom stereocenters. The van der Waals surface area contributed by atoms with Gasteiger partial charge in [0.25, 0.3) is 0 Å². The lowest BCUT2D eigenvalue weighted by Crippen LogP contribution is -2.42. The number of rotatable bonds is 5. The molecule has 0 aliphatic carbocycles. The van der Waals surface area contributed by atoms with E-state index in [4.69, 9.17) is 0 Å². The molecule has 4 heteroatoms. The minimum atomic E-state index is -0.111. The highest BCUT2D eigenvalue weighted by atomic mass is 16.2. The second-order valence-electron chi connectivity index (χ2n) is 6.57. The summed E-state index contributed by atoms with van der Waals surface area (Å²) in [7, 11) is 0. The van der Waals surface area contributed by atoms with Gasteiger partial charge in [0.1, 0.15) is 0 Å². The monoisotopic (exact) mass is 302 g/mol. The SMILES string of the molecule is CC(C)N(C(=O)CCC1Cc2ccccc2NC1=O)C(C)C. The van der Waals surface area contributed by atoms with Crippen molar-refractivity contribution < 1.29 is 9.59 Å². The molecule has 1 N–H and O–H groups in total. The summed E-state index contributed by atoms with van der Waals surface area (Å²) in [6.45, 7) is 8.12. The fraction of sp³-hybridized carbons (Fsp3) is 0.556. The van der Waals surface area contributed by atoms with Gasteiger partial charge in [0.05, 0.1) is 0 Å². The number of carbonyl (C=O) groups is 2. The highest BCUT2D eigenvalue weighted by Crippen LogP contribution is 2.27. The number of hydrogen-bond acceptors (Lipinski definition) is 2. The third-order valence-corrected chi connectivity index (χ3v) is 4.22. The Balaban J connectivity index is 1.97. The highest BCUT2D eigenvalue weighted by molar-refractivity contribution is 5.96. The summed E-state index contributed by atoms with van der Waals surface area (Å²) in [5, 5.41) is 2.94. The predicted molar refractivity (Wildman–Crippen MR) is 88.6 cm³/mol. The molecule has 120 valence electrons. The summed E-state index contributed by atoms with van der Waals surface area (Å²) in [5.74, 6) is 0.0591. The van der Waals surface area contributed by atoms with Gasteiger partial charge in [-0.3, -0.25) is 9.59 Å². The van der Waals surface area contributed by atoms with Crippen molar-refractivity contribution in [3.63, 3.8) is 0 Å². The molecule has 4 nitrogen and oxygen atoms in total. The van der Waals surface area contributed by atoms with Gasteiger partial charge in [-0.05, 0) is 52.2 Å². The van der Waals surface area contributed by atoms with E-state index >= 15 is 0 Å². The van der Waals surface area contributed by atoms with E-state index in [1.165, 1.54) is 0 Å². The molecule has 2 rings (SSSR count). The van der Waals surface area contributed by atoms with Crippen LogP contribution >= 0.6 is 0 Å². The molecule has 0 fully saturated rings. The molecule has 0 saturated heterocycles. The van der Waals surface area contributed by atoms with E-state index in [0.29, 0.717) is 12.8 Å². The number of amides is 2. The lowest BCUT2D eigenvalue weighted by Gasteiger charge is -2.31. The summed E-state index contributed by atoms with van der Waals surface area (Å²) in [6.07, 6.45) is 1.75. The third-order valence-electron chi connectivity index (χ3n) is 4.22. The van der Waals surface area contributed by atoms with Crippen LogP contribution in [-0.4, -0.2) is 28.8 Å². The first-order valence-corrected chi connectivity index (χ1v) is 8.10. The van der Waals surface area contributed by atoms with E-state index in [-0.39, 0.29) is 29.8 Å². The van der Waals surface area contributed by atoms with Gasteiger partial charge < -0.3 is 10.2 Å². The molecule has 1 aromatic carbocycles. The minimum absolute atomic E-state index is 0.0344. The second kappa shape index (κ2) is 6.95. The van der Waals surface area contributed by atoms with Crippen LogP contribution in [0.3, 0.4) is 0 Å². The van der Waals surface area contributed by atoms with Crippen molar-refractivity contribution in [2.45, 2.75) is 59.0 Å². The first kappa shape index (κ1) is 16.5. The van der Waals surface area contributed by atoms with Gasteiger partial charge >= 0.3 is 0 Å². The number of hydrogen-bond donors (Lipinski definition) is 1. The van der Waals surface area contributed by atoms with Crippen LogP contribution < -0.4 is 5.32 Å². The molecular weight excluding hydrogens is 276 g/mol. The number of nitrogens with one attached hydrogen (secondary N) is 1. The molecule has 0 spiro atoms. The summed E-state index contributed by atoms with van der Waals surface area (Å²) >= 11 is 0. The van der Waals surface area contributed by atoms with Gasteiger partial charge in [0.15, 0.2) is 0 Å². The van der Waals surface area contributed by atoms with Gasteiger partial charge in [-0.2, -0.15) is 0 Å². The standard InChI is InChI=1S/C18H26N2O2/c1-12(2)20(13(3)4)17(21)10-9-15-11-14-7-5-6-8-16(14)19-18(15)22/h5-8,12-13,15H,9-11H2,1-4H3,(H,19,22). The summed E-state index contributed by atoms with van der Waals surface area (Å²) in [4.78, 5) is 26.5. The van der Waals surface area contributed by atoms with Gasteiger partial charge in [0, 0.05) is 30.1 Å². The van der Waals surface area contributed by atoms with Crippen molar-refractivity contribution in [1.82, 2.24) is 4.90 Å². The minimum Gasteiger partial charge on any atom is -0.338 e. The van der Waals surface area contributed by atoms with Gasteiger partial charge in [-0.1, -0.05) is 18.2 Å². The van der Waals surface area contributed by atoms with Crippen LogP contribution in [-0.2, 0) is 16.0 Å². The molecule has 1 aromatic rings. The quantitative estimate of drug-likeness (QED) is 0.908. The number of carbonyl (C=O) groups excluding carboxylic acids is 2. The number of fused-ring (bicyclic) bond motifs is 1. The molecule has 0 saturated carbocycles. The average Bonchev–Trinajstić information content (AvgIpc) is 2.44. The Kier molecular flexibility index (Phi) is 5.22. The van der Waals surface area contributed by atoms with Crippen LogP contribution in [0.25, 0.3) is 0 Å². The maximum Gasteiger partial charge on any atom is 0.227 e. The van der Waals surface area contributed by atoms with Crippen molar-refractivity contribution >= 4 is 17.5 Å². The fourth-order valence-electron chi connectivity index (χ4n) is 3.25. The molecule has 22 heavy (non-hydrogen) atoms. The summed E-state index contributed by atoms with van der Waals surface area (Å²) < 4.78 is 0. The van der Waals surface area contributed by atoms with E-state index in [1.54, 1.807) is 0 Å². The third kappa shape index (κ3) is 3.67. The Labute approximate surface area is 132 Å². The molecule has 0 aromatic heterocycles. The predicted octanol–water partition coefficient (Wildman–Crippen LogP) is 3.22. The normalized spacial score (nSPS) is 17.4. The Morgan fingerprint density at radius 2 is 1.86 bits per heavy atom. The molecule has 2 amide bonds. The molecule has 0 radical (unpaired) electrons. The van der Waals surface area contributed by atoms with Crippen molar-refractivity contribution in [3.8, 4) is 0 Å². The Morgan fingerprint density at radius 3 is 2.50 bits per heavy atom. The van der Waals surface area contributed by atoms with Crippen LogP contribution in [0.15, 0.2) is 24.3 Å². The van der Waals surface area contributed by atoms with Crippen molar-refractivity contribution in [1.29, 1.82) is 0 Å². The maximum absolute atomic E-state index is 12.4. The number of benzene rings is 1. The van der Waals surface area contributed by atoms with Gasteiger partial charge in [-0.15, -0.1) is 0 Å². The number of para-hydroxylation sites is 1. The van der Waals surface area contributed by atoms with E-state index in [9.17, 15) is 9.59 Å². The fourth-order valence-corrected chi connectivity index (χ4v) is 3.25. The van der Waals surface area contributed by atoms with Crippen molar-refractivity contribution in [2.24, 2.45) is 5.92 Å². The smallest absolute Gasteiger partial charge is 0.227 e. The van der Waals surface area contributed by atoms with E-state index in [2.05, 4.69) is 5.32 Å². The molecule has 1 aliphatic rings. The number of anilines is 1. The van der Waals surface area contributed by atoms with E-state index < -0.39 is 0 Å². The highest BCUT2D eigenvalue weighted by Gasteiger charge is 2.28. The summed E-state index contributed by atoms with van der Waals surface area (Å²) in [6, 6.07) is 8.25. The Morgan fingerprint density at radius 1 is 1.23 bits per heavy atom. The first-order chi connectivity index (χ1) is 10.4. The average molecular weight is 302 g/mol. The first-order valence-electron chi connectivity index (χ1n) is 8.10. The number of nitrogens with zero attached hydrogens (tertiary/aromatic N) is 1. The molecule has 1 unspecified atom stereocenters. The summed E-state index contributed by atoms with van der Waals surface area (Å²) in [5.41, 5.74) is 2.06. The molecule has 0 bridgehead atoms. The van der Waals surface area contributed by atoms with Crippen LogP contribution in [0.2, 0.25) is 0 Å². The zero-order chi connectivity index (χ0) is 16.3. The lowest BCUT2D eigenvalue weighted by atomic mass is 9.89. The van der Waals surface area contributed by atoms with Crippen LogP contribution in [0.1, 0.15) is 46.1 Å². The van der Waals surface area contributed by atoms with Crippen LogP contribution in [0.5, 0.6) is 0 Å². The Hall–Kier alpha value is -1.84. The molecular formula is C18H26N2O2. The lowest BCUT2D eigenvalue weighted by molar-refractivity contribution is -0.135. The van der Waals surface area contributed by atoms with Crippen LogP contribution in [0.4, 0.5) is 5.69 Å². The van der Waals surface area contributed by atoms with E-state index in [0.717, 1.165) is 17.7 Å². The van der Waals surface area contributed by atoms with Crippen LogP contribution in [0, 0.1) is 5.92 Å². The molecule has 1 heterocycles. The Bertz CT molecular complexity index is 544. The largest absolute Gasteiger partial charge is 0.338 e. The topological polar surface area (TPSA) is 49.4 Å². The maximum atomic E-state index is 12.4. The second-order valence-corrected chi connectivity index (χ2v) is 6.57. The van der Waals surface area contributed by atoms with E-state index in [1.807, 2.05) is 56.9 Å². The van der Waals surface area contributed by atoms with Crippen molar-refractivity contribution in [3.05, 3.63) is 29.8 Å². The zero-order valence-corrected chi connectivity index (χ0v) is 13.9. The zero-order valence-electron chi connectivity index (χ0n) is 13.9. The van der Waals surface area contributed by atoms with Crippen molar-refractivity contribution in [2.75, 3.05) is 5.32 Å². The van der Waals surface area contributed by atoms with Gasteiger partial charge in [-0.25, -0.2) is 0 Å².